The molecule has 144 valence electrons. The van der Waals surface area contributed by atoms with E-state index < -0.39 is 5.82 Å². The monoisotopic (exact) mass is 411 g/mol. The van der Waals surface area contributed by atoms with Gasteiger partial charge in [-0.15, -0.1) is 0 Å². The van der Waals surface area contributed by atoms with Crippen molar-refractivity contribution in [1.29, 1.82) is 0 Å². The van der Waals surface area contributed by atoms with Crippen LogP contribution in [0.4, 0.5) is 4.39 Å². The number of amides is 1. The maximum absolute atomic E-state index is 13.8. The average Bonchev–Trinajstić information content (AvgIpc) is 2.63. The molecule has 4 nitrogen and oxygen atoms in total. The predicted molar refractivity (Wildman–Crippen MR) is 104 cm³/mol. The summed E-state index contributed by atoms with van der Waals surface area (Å²) in [5, 5.41) is 0.787. The van der Waals surface area contributed by atoms with Gasteiger partial charge in [0, 0.05) is 26.4 Å². The maximum Gasteiger partial charge on any atom is 0.223 e. The lowest BCUT2D eigenvalue weighted by Gasteiger charge is -2.21. The van der Waals surface area contributed by atoms with Crippen molar-refractivity contribution in [3.05, 3.63) is 63.4 Å². The SMILES string of the molecule is COc1ccc(CN(C)C(=O)CC(CC=O)c2ccc(Cl)c(Cl)c2)cc1F. The van der Waals surface area contributed by atoms with Gasteiger partial charge in [0.2, 0.25) is 5.91 Å². The Kier molecular flexibility index (Phi) is 7.63. The summed E-state index contributed by atoms with van der Waals surface area (Å²) in [6.45, 7) is 0.245. The lowest BCUT2D eigenvalue weighted by Crippen LogP contribution is -2.27. The lowest BCUT2D eigenvalue weighted by atomic mass is 9.92. The number of rotatable bonds is 8. The van der Waals surface area contributed by atoms with Crippen LogP contribution in [0.25, 0.3) is 0 Å². The van der Waals surface area contributed by atoms with Gasteiger partial charge in [-0.3, -0.25) is 4.79 Å². The molecule has 0 spiro atoms. The molecule has 7 heteroatoms. The van der Waals surface area contributed by atoms with Gasteiger partial charge < -0.3 is 14.4 Å². The summed E-state index contributed by atoms with van der Waals surface area (Å²) in [6, 6.07) is 9.63. The highest BCUT2D eigenvalue weighted by Gasteiger charge is 2.20. The molecule has 2 aromatic rings. The van der Waals surface area contributed by atoms with Crippen molar-refractivity contribution in [3.63, 3.8) is 0 Å². The van der Waals surface area contributed by atoms with E-state index in [2.05, 4.69) is 0 Å². The van der Waals surface area contributed by atoms with Crippen LogP contribution < -0.4 is 4.74 Å². The van der Waals surface area contributed by atoms with Crippen LogP contribution in [0.2, 0.25) is 10.0 Å². The summed E-state index contributed by atoms with van der Waals surface area (Å²) in [5.74, 6) is -0.798. The third kappa shape index (κ3) is 5.68. The first-order valence-corrected chi connectivity index (χ1v) is 9.06. The van der Waals surface area contributed by atoms with Gasteiger partial charge in [0.05, 0.1) is 17.2 Å². The van der Waals surface area contributed by atoms with Gasteiger partial charge in [-0.1, -0.05) is 35.3 Å². The third-order valence-corrected chi connectivity index (χ3v) is 5.02. The van der Waals surface area contributed by atoms with E-state index in [1.807, 2.05) is 0 Å². The zero-order chi connectivity index (χ0) is 20.0. The van der Waals surface area contributed by atoms with Crippen LogP contribution in [0.15, 0.2) is 36.4 Å². The van der Waals surface area contributed by atoms with Gasteiger partial charge in [-0.05, 0) is 41.3 Å². The minimum Gasteiger partial charge on any atom is -0.494 e. The first-order chi connectivity index (χ1) is 12.8. The van der Waals surface area contributed by atoms with E-state index >= 15 is 0 Å². The number of ether oxygens (including phenoxy) is 1. The van der Waals surface area contributed by atoms with Crippen molar-refractivity contribution in [2.75, 3.05) is 14.2 Å². The van der Waals surface area contributed by atoms with Crippen LogP contribution in [-0.2, 0) is 16.1 Å². The molecule has 0 saturated heterocycles. The number of hydrogen-bond acceptors (Lipinski definition) is 3. The standard InChI is InChI=1S/C20H20Cl2FNO3/c1-24(12-13-3-6-19(27-2)18(23)9-13)20(26)11-15(7-8-25)14-4-5-16(21)17(22)10-14/h3-6,8-10,15H,7,11-12H2,1-2H3. The van der Waals surface area contributed by atoms with Gasteiger partial charge in [0.25, 0.3) is 0 Å². The van der Waals surface area contributed by atoms with Crippen molar-refractivity contribution in [2.24, 2.45) is 0 Å². The Morgan fingerprint density at radius 2 is 1.96 bits per heavy atom. The molecule has 0 aliphatic heterocycles. The highest BCUT2D eigenvalue weighted by atomic mass is 35.5. The van der Waals surface area contributed by atoms with Crippen LogP contribution in [0.5, 0.6) is 5.75 Å². The molecule has 2 rings (SSSR count). The molecular weight excluding hydrogens is 392 g/mol. The quantitative estimate of drug-likeness (QED) is 0.582. The molecule has 0 radical (unpaired) electrons. The summed E-state index contributed by atoms with van der Waals surface area (Å²) in [6.07, 6.45) is 1.10. The number of nitrogens with zero attached hydrogens (tertiary/aromatic N) is 1. The molecule has 2 aromatic carbocycles. The minimum absolute atomic E-state index is 0.131. The first-order valence-electron chi connectivity index (χ1n) is 8.30. The van der Waals surface area contributed by atoms with E-state index in [-0.39, 0.29) is 37.0 Å². The first kappa shape index (κ1) is 21.2. The Morgan fingerprint density at radius 1 is 1.22 bits per heavy atom. The smallest absolute Gasteiger partial charge is 0.223 e. The Balaban J connectivity index is 2.08. The highest BCUT2D eigenvalue weighted by molar-refractivity contribution is 6.42. The number of benzene rings is 2. The van der Waals surface area contributed by atoms with Gasteiger partial charge in [0.1, 0.15) is 6.29 Å². The molecule has 0 saturated carbocycles. The molecule has 0 N–H and O–H groups in total. The van der Waals surface area contributed by atoms with E-state index in [1.165, 1.54) is 24.1 Å². The maximum atomic E-state index is 13.8. The van der Waals surface area contributed by atoms with Crippen molar-refractivity contribution in [3.8, 4) is 5.75 Å². The molecule has 1 unspecified atom stereocenters. The van der Waals surface area contributed by atoms with Crippen molar-refractivity contribution in [2.45, 2.75) is 25.3 Å². The van der Waals surface area contributed by atoms with Crippen molar-refractivity contribution < 1.29 is 18.7 Å². The normalized spacial score (nSPS) is 11.7. The molecule has 0 fully saturated rings. The fourth-order valence-electron chi connectivity index (χ4n) is 2.76. The van der Waals surface area contributed by atoms with Crippen LogP contribution >= 0.6 is 23.2 Å². The number of hydrogen-bond donors (Lipinski definition) is 0. The largest absolute Gasteiger partial charge is 0.494 e. The summed E-state index contributed by atoms with van der Waals surface area (Å²) >= 11 is 12.0. The fraction of sp³-hybridized carbons (Fsp3) is 0.300. The third-order valence-electron chi connectivity index (χ3n) is 4.28. The van der Waals surface area contributed by atoms with Crippen LogP contribution in [-0.4, -0.2) is 31.3 Å². The van der Waals surface area contributed by atoms with E-state index in [1.54, 1.807) is 31.3 Å². The summed E-state index contributed by atoms with van der Waals surface area (Å²) in [5.41, 5.74) is 1.42. The zero-order valence-electron chi connectivity index (χ0n) is 15.0. The molecule has 0 heterocycles. The van der Waals surface area contributed by atoms with E-state index in [4.69, 9.17) is 27.9 Å². The number of halogens is 3. The molecule has 1 amide bonds. The lowest BCUT2D eigenvalue weighted by molar-refractivity contribution is -0.130. The van der Waals surface area contributed by atoms with Crippen LogP contribution in [0.3, 0.4) is 0 Å². The van der Waals surface area contributed by atoms with E-state index in [0.717, 1.165) is 11.8 Å². The second-order valence-corrected chi connectivity index (χ2v) is 7.01. The molecule has 27 heavy (non-hydrogen) atoms. The minimum atomic E-state index is -0.481. The van der Waals surface area contributed by atoms with Crippen molar-refractivity contribution >= 4 is 35.4 Å². The second kappa shape index (κ2) is 9.72. The second-order valence-electron chi connectivity index (χ2n) is 6.20. The Labute approximate surface area is 167 Å². The molecular formula is C20H20Cl2FNO3. The molecule has 0 aromatic heterocycles. The fourth-order valence-corrected chi connectivity index (χ4v) is 3.06. The number of methoxy groups -OCH3 is 1. The average molecular weight is 412 g/mol. The van der Waals surface area contributed by atoms with Gasteiger partial charge >= 0.3 is 0 Å². The van der Waals surface area contributed by atoms with Gasteiger partial charge in [-0.2, -0.15) is 0 Å². The van der Waals surface area contributed by atoms with Crippen LogP contribution in [0, 0.1) is 5.82 Å². The molecule has 0 aliphatic rings. The van der Waals surface area contributed by atoms with Gasteiger partial charge in [-0.25, -0.2) is 4.39 Å². The number of carbonyl (C=O) groups is 2. The van der Waals surface area contributed by atoms with E-state index in [0.29, 0.717) is 15.6 Å². The number of carbonyl (C=O) groups excluding carboxylic acids is 2. The summed E-state index contributed by atoms with van der Waals surface area (Å²) in [7, 11) is 3.03. The molecule has 0 bridgehead atoms. The topological polar surface area (TPSA) is 46.6 Å². The summed E-state index contributed by atoms with van der Waals surface area (Å²) in [4.78, 5) is 25.1. The van der Waals surface area contributed by atoms with Crippen molar-refractivity contribution in [1.82, 2.24) is 4.90 Å². The van der Waals surface area contributed by atoms with Gasteiger partial charge in [0.15, 0.2) is 11.6 Å². The Bertz CT molecular complexity index is 829. The molecule has 1 atom stereocenters. The zero-order valence-corrected chi connectivity index (χ0v) is 16.6. The Hall–Kier alpha value is -2.11. The highest BCUT2D eigenvalue weighted by Crippen LogP contribution is 2.30. The van der Waals surface area contributed by atoms with Crippen LogP contribution in [0.1, 0.15) is 29.9 Å². The predicted octanol–water partition coefficient (Wildman–Crippen LogP) is 4.86. The van der Waals surface area contributed by atoms with E-state index in [9.17, 15) is 14.0 Å². The number of aldehydes is 1. The Morgan fingerprint density at radius 3 is 2.56 bits per heavy atom. The summed E-state index contributed by atoms with van der Waals surface area (Å²) < 4.78 is 18.7. The molecule has 0 aliphatic carbocycles.